The van der Waals surface area contributed by atoms with Gasteiger partial charge in [-0.3, -0.25) is 0 Å². The summed E-state index contributed by atoms with van der Waals surface area (Å²) in [5, 5.41) is 29.5. The Labute approximate surface area is 172 Å². The van der Waals surface area contributed by atoms with Crippen LogP contribution in [0.5, 0.6) is 5.75 Å². The second-order valence-electron chi connectivity index (χ2n) is 6.72. The second-order valence-corrected chi connectivity index (χ2v) is 7.64. The number of aliphatic hydroxyl groups excluding tert-OH is 2. The summed E-state index contributed by atoms with van der Waals surface area (Å²) in [5.41, 5.74) is 3.31. The molecule has 1 unspecified atom stereocenters. The third kappa shape index (κ3) is 4.83. The highest BCUT2D eigenvalue weighted by Gasteiger charge is 2.13. The Bertz CT molecular complexity index is 1050. The molecule has 0 aliphatic carbocycles. The minimum absolute atomic E-state index is 0.144. The zero-order valence-electron chi connectivity index (χ0n) is 15.7. The maximum Gasteiger partial charge on any atom is 0.178 e. The molecule has 3 N–H and O–H groups in total. The summed E-state index contributed by atoms with van der Waals surface area (Å²) in [7, 11) is 0. The summed E-state index contributed by atoms with van der Waals surface area (Å²) in [6, 6.07) is 18.9. The van der Waals surface area contributed by atoms with Gasteiger partial charge in [-0.25, -0.2) is 0 Å². The Morgan fingerprint density at radius 3 is 2.76 bits per heavy atom. The van der Waals surface area contributed by atoms with Crippen LogP contribution in [0.1, 0.15) is 11.7 Å². The van der Waals surface area contributed by atoms with Crippen LogP contribution in [0.4, 0.5) is 0 Å². The Hall–Kier alpha value is -2.71. The lowest BCUT2D eigenvalue weighted by Crippen LogP contribution is -2.33. The molecule has 2 atom stereocenters. The van der Waals surface area contributed by atoms with E-state index in [2.05, 4.69) is 10.5 Å². The van der Waals surface area contributed by atoms with Crippen molar-refractivity contribution < 1.29 is 19.5 Å². The molecule has 4 rings (SSSR count). The number of ether oxygens (including phenoxy) is 1. The van der Waals surface area contributed by atoms with Crippen LogP contribution in [0.15, 0.2) is 70.6 Å². The van der Waals surface area contributed by atoms with E-state index in [4.69, 9.17) is 9.26 Å². The van der Waals surface area contributed by atoms with Crippen molar-refractivity contribution in [2.24, 2.45) is 0 Å². The minimum Gasteiger partial charge on any atom is -0.491 e. The number of hydrogen-bond donors (Lipinski definition) is 3. The van der Waals surface area contributed by atoms with Gasteiger partial charge in [0, 0.05) is 18.7 Å². The molecule has 4 aromatic rings. The Kier molecular flexibility index (Phi) is 6.21. The minimum atomic E-state index is -0.697. The van der Waals surface area contributed by atoms with Gasteiger partial charge in [-0.15, -0.1) is 11.3 Å². The van der Waals surface area contributed by atoms with Crippen LogP contribution >= 0.6 is 11.3 Å². The molecule has 0 saturated heterocycles. The average molecular weight is 410 g/mol. The smallest absolute Gasteiger partial charge is 0.178 e. The highest BCUT2D eigenvalue weighted by atomic mass is 32.1. The summed E-state index contributed by atoms with van der Waals surface area (Å²) < 4.78 is 12.1. The highest BCUT2D eigenvalue weighted by molar-refractivity contribution is 7.17. The summed E-state index contributed by atoms with van der Waals surface area (Å²) in [6.45, 7) is 0.827. The van der Waals surface area contributed by atoms with Crippen LogP contribution in [0.25, 0.3) is 21.5 Å². The fraction of sp³-hybridized carbons (Fsp3) is 0.227. The monoisotopic (exact) mass is 410 g/mol. The first-order valence-electron chi connectivity index (χ1n) is 9.38. The van der Waals surface area contributed by atoms with Gasteiger partial charge >= 0.3 is 0 Å². The molecule has 150 valence electrons. The number of thiophene rings is 1. The van der Waals surface area contributed by atoms with Crippen molar-refractivity contribution >= 4 is 21.6 Å². The lowest BCUT2D eigenvalue weighted by atomic mass is 10.1. The predicted molar refractivity (Wildman–Crippen MR) is 113 cm³/mol. The van der Waals surface area contributed by atoms with E-state index in [1.165, 1.54) is 0 Å². The fourth-order valence-corrected chi connectivity index (χ4v) is 3.84. The van der Waals surface area contributed by atoms with Gasteiger partial charge in [0.05, 0.1) is 6.10 Å². The molecule has 0 spiro atoms. The number of nitrogens with zero attached hydrogens (tertiary/aromatic N) is 1. The largest absolute Gasteiger partial charge is 0.491 e. The third-order valence-electron chi connectivity index (χ3n) is 4.53. The number of hydrogen-bond acceptors (Lipinski definition) is 7. The van der Waals surface area contributed by atoms with E-state index in [1.807, 2.05) is 66.0 Å². The molecule has 7 heteroatoms. The quantitative estimate of drug-likeness (QED) is 0.391. The van der Waals surface area contributed by atoms with Crippen molar-refractivity contribution in [2.75, 3.05) is 19.7 Å². The third-order valence-corrected chi connectivity index (χ3v) is 5.43. The van der Waals surface area contributed by atoms with Gasteiger partial charge < -0.3 is 24.8 Å². The second kappa shape index (κ2) is 9.19. The van der Waals surface area contributed by atoms with Gasteiger partial charge in [-0.05, 0) is 29.1 Å². The number of aliphatic hydroxyl groups is 2. The van der Waals surface area contributed by atoms with Gasteiger partial charge in [0.15, 0.2) is 5.58 Å². The van der Waals surface area contributed by atoms with Crippen LogP contribution in [-0.4, -0.2) is 41.2 Å². The van der Waals surface area contributed by atoms with E-state index in [0.717, 1.165) is 27.1 Å². The van der Waals surface area contributed by atoms with E-state index in [9.17, 15) is 10.2 Å². The maximum absolute atomic E-state index is 10.2. The number of rotatable bonds is 9. The molecule has 0 fully saturated rings. The first-order valence-corrected chi connectivity index (χ1v) is 10.3. The van der Waals surface area contributed by atoms with Crippen molar-refractivity contribution in [1.29, 1.82) is 0 Å². The van der Waals surface area contributed by atoms with Gasteiger partial charge in [0.25, 0.3) is 0 Å². The molecule has 29 heavy (non-hydrogen) atoms. The Morgan fingerprint density at radius 2 is 1.90 bits per heavy atom. The Morgan fingerprint density at radius 1 is 1.03 bits per heavy atom. The molecule has 0 aliphatic rings. The van der Waals surface area contributed by atoms with Crippen molar-refractivity contribution in [2.45, 2.75) is 12.2 Å². The van der Waals surface area contributed by atoms with Crippen molar-refractivity contribution in [1.82, 2.24) is 10.5 Å². The van der Waals surface area contributed by atoms with E-state index in [-0.39, 0.29) is 6.61 Å². The average Bonchev–Trinajstić information content (AvgIpc) is 3.37. The lowest BCUT2D eigenvalue weighted by Gasteiger charge is -2.16. The Balaban J connectivity index is 1.27. The first-order chi connectivity index (χ1) is 14.2. The number of nitrogens with one attached hydrogen (secondary N) is 1. The lowest BCUT2D eigenvalue weighted by molar-refractivity contribution is 0.0996. The molecule has 0 bridgehead atoms. The number of benzene rings is 2. The predicted octanol–water partition coefficient (Wildman–Crippen LogP) is 3.62. The van der Waals surface area contributed by atoms with Crippen LogP contribution < -0.4 is 10.1 Å². The summed E-state index contributed by atoms with van der Waals surface area (Å²) >= 11 is 1.58. The topological polar surface area (TPSA) is 87.8 Å². The molecule has 2 heterocycles. The molecular weight excluding hydrogens is 388 g/mol. The first kappa shape index (κ1) is 19.6. The van der Waals surface area contributed by atoms with Gasteiger partial charge in [0.1, 0.15) is 28.9 Å². The fourth-order valence-electron chi connectivity index (χ4n) is 3.03. The number of fused-ring (bicyclic) bond motifs is 1. The normalized spacial score (nSPS) is 13.4. The molecule has 0 amide bonds. The van der Waals surface area contributed by atoms with Crippen LogP contribution in [0.2, 0.25) is 0 Å². The van der Waals surface area contributed by atoms with Crippen LogP contribution in [0, 0.1) is 0 Å². The van der Waals surface area contributed by atoms with Crippen molar-refractivity contribution in [3.63, 3.8) is 0 Å². The zero-order valence-corrected chi connectivity index (χ0v) is 16.5. The zero-order chi connectivity index (χ0) is 20.1. The molecule has 0 aliphatic heterocycles. The summed E-state index contributed by atoms with van der Waals surface area (Å²) in [5.74, 6) is 0.651. The SMILES string of the molecule is OC(CNC[C@@H](O)COc1cccc(-c2noc3ccsc23)c1)c1ccccc1. The molecule has 0 radical (unpaired) electrons. The molecular formula is C22H22N2O4S. The van der Waals surface area contributed by atoms with Gasteiger partial charge in [-0.1, -0.05) is 47.6 Å². The molecule has 2 aromatic carbocycles. The summed E-state index contributed by atoms with van der Waals surface area (Å²) in [4.78, 5) is 0. The highest BCUT2D eigenvalue weighted by Crippen LogP contribution is 2.33. The molecule has 0 saturated carbocycles. The van der Waals surface area contributed by atoms with Crippen molar-refractivity contribution in [3.8, 4) is 17.0 Å². The summed E-state index contributed by atoms with van der Waals surface area (Å²) in [6.07, 6.45) is -1.31. The molecule has 6 nitrogen and oxygen atoms in total. The van der Waals surface area contributed by atoms with Gasteiger partial charge in [0.2, 0.25) is 0 Å². The standard InChI is InChI=1S/C22H22N2O4S/c25-17(12-23-13-19(26)15-5-2-1-3-6-15)14-27-18-8-4-7-16(11-18)21-22-20(28-24-21)9-10-29-22/h1-11,17,19,23,25-26H,12-14H2/t17-,19?/m1/s1. The van der Waals surface area contributed by atoms with E-state index < -0.39 is 12.2 Å². The van der Waals surface area contributed by atoms with Crippen LogP contribution in [0.3, 0.4) is 0 Å². The van der Waals surface area contributed by atoms with E-state index in [0.29, 0.717) is 18.8 Å². The van der Waals surface area contributed by atoms with Crippen molar-refractivity contribution in [3.05, 3.63) is 71.6 Å². The number of aromatic nitrogens is 1. The van der Waals surface area contributed by atoms with E-state index >= 15 is 0 Å². The van der Waals surface area contributed by atoms with E-state index in [1.54, 1.807) is 11.3 Å². The van der Waals surface area contributed by atoms with Gasteiger partial charge in [-0.2, -0.15) is 0 Å². The van der Waals surface area contributed by atoms with Crippen LogP contribution in [-0.2, 0) is 0 Å². The maximum atomic E-state index is 10.2. The molecule has 2 aromatic heterocycles.